The van der Waals surface area contributed by atoms with Gasteiger partial charge in [0.15, 0.2) is 0 Å². The van der Waals surface area contributed by atoms with Gasteiger partial charge in [0, 0.05) is 6.54 Å². The van der Waals surface area contributed by atoms with Gasteiger partial charge in [-0.3, -0.25) is 0 Å². The van der Waals surface area contributed by atoms with E-state index in [2.05, 4.69) is 18.7 Å². The van der Waals surface area contributed by atoms with Crippen LogP contribution in [0.15, 0.2) is 43.0 Å². The second-order valence-corrected chi connectivity index (χ2v) is 9.64. The van der Waals surface area contributed by atoms with E-state index in [9.17, 15) is 4.79 Å². The van der Waals surface area contributed by atoms with Crippen molar-refractivity contribution in [1.29, 1.82) is 0 Å². The van der Waals surface area contributed by atoms with Gasteiger partial charge in [-0.25, -0.2) is 4.79 Å². The first-order chi connectivity index (χ1) is 13.4. The molecule has 0 aromatic heterocycles. The Morgan fingerprint density at radius 1 is 1.17 bits per heavy atom. The van der Waals surface area contributed by atoms with Gasteiger partial charge in [-0.05, 0) is 66.9 Å². The van der Waals surface area contributed by atoms with E-state index in [4.69, 9.17) is 14.0 Å². The maximum Gasteiger partial charge on any atom is 0.482 e. The van der Waals surface area contributed by atoms with Crippen molar-refractivity contribution in [2.75, 3.05) is 6.54 Å². The quantitative estimate of drug-likeness (QED) is 0.474. The van der Waals surface area contributed by atoms with Gasteiger partial charge in [0.1, 0.15) is 5.60 Å². The Morgan fingerprint density at radius 2 is 1.72 bits per heavy atom. The Bertz CT molecular complexity index is 681. The smallest absolute Gasteiger partial charge is 0.444 e. The minimum Gasteiger partial charge on any atom is -0.444 e. The average Bonchev–Trinajstić information content (AvgIpc) is 2.81. The molecule has 0 bridgehead atoms. The number of hydrogen-bond donors (Lipinski definition) is 0. The molecule has 0 saturated carbocycles. The summed E-state index contributed by atoms with van der Waals surface area (Å²) in [6.45, 7) is 17.9. The summed E-state index contributed by atoms with van der Waals surface area (Å²) in [5.41, 5.74) is -0.333. The third-order valence-corrected chi connectivity index (χ3v) is 5.51. The Labute approximate surface area is 176 Å². The van der Waals surface area contributed by atoms with Crippen molar-refractivity contribution in [3.05, 3.63) is 48.6 Å². The fourth-order valence-electron chi connectivity index (χ4n) is 3.25. The third-order valence-electron chi connectivity index (χ3n) is 5.51. The van der Waals surface area contributed by atoms with Crippen molar-refractivity contribution < 1.29 is 18.8 Å². The molecular formula is C23H36BNO4. The first-order valence-corrected chi connectivity index (χ1v) is 10.4. The highest BCUT2D eigenvalue weighted by Crippen LogP contribution is 2.39. The minimum absolute atomic E-state index is 0.302. The van der Waals surface area contributed by atoms with Crippen LogP contribution in [-0.4, -0.2) is 47.4 Å². The standard InChI is InChI=1S/C23H36BNO4/c1-9-17-25(20(26)27-21(2,3)4)19(16-15-18-13-11-10-12-14-18)24-28-22(5,6)23(7,8)29-24/h9-14,19H,1,15-17H2,2-8H3. The lowest BCUT2D eigenvalue weighted by Crippen LogP contribution is -2.52. The van der Waals surface area contributed by atoms with Crippen molar-refractivity contribution in [2.45, 2.75) is 84.1 Å². The number of nitrogens with zero attached hydrogens (tertiary/aromatic N) is 1. The molecule has 1 aromatic carbocycles. The van der Waals surface area contributed by atoms with E-state index in [0.29, 0.717) is 13.0 Å². The van der Waals surface area contributed by atoms with Gasteiger partial charge in [-0.2, -0.15) is 0 Å². The third kappa shape index (κ3) is 6.10. The molecule has 1 aromatic rings. The number of aryl methyl sites for hydroxylation is 1. The van der Waals surface area contributed by atoms with Gasteiger partial charge in [-0.1, -0.05) is 36.4 Å². The molecule has 160 valence electrons. The van der Waals surface area contributed by atoms with Gasteiger partial charge in [0.2, 0.25) is 0 Å². The largest absolute Gasteiger partial charge is 0.482 e. The second-order valence-electron chi connectivity index (χ2n) is 9.64. The molecule has 1 atom stereocenters. The molecule has 0 N–H and O–H groups in total. The SMILES string of the molecule is C=CCN(C(=O)OC(C)(C)C)C(CCc1ccccc1)B1OC(C)(C)C(C)(C)O1. The van der Waals surface area contributed by atoms with Crippen LogP contribution >= 0.6 is 0 Å². The Morgan fingerprint density at radius 3 is 2.21 bits per heavy atom. The summed E-state index contributed by atoms with van der Waals surface area (Å²) in [6.07, 6.45) is 2.81. The molecule has 2 rings (SSSR count). The van der Waals surface area contributed by atoms with Crippen molar-refractivity contribution in [3.63, 3.8) is 0 Å². The molecule has 0 aliphatic carbocycles. The second kappa shape index (κ2) is 8.92. The lowest BCUT2D eigenvalue weighted by atomic mass is 9.74. The highest BCUT2D eigenvalue weighted by Gasteiger charge is 2.55. The van der Waals surface area contributed by atoms with Crippen molar-refractivity contribution in [3.8, 4) is 0 Å². The van der Waals surface area contributed by atoms with Crippen LogP contribution in [0.5, 0.6) is 0 Å². The molecule has 5 nitrogen and oxygen atoms in total. The number of hydrogen-bond acceptors (Lipinski definition) is 4. The van der Waals surface area contributed by atoms with Crippen LogP contribution < -0.4 is 0 Å². The molecule has 1 amide bonds. The van der Waals surface area contributed by atoms with Gasteiger partial charge in [0.05, 0.1) is 17.1 Å². The number of amides is 1. The fourth-order valence-corrected chi connectivity index (χ4v) is 3.25. The van der Waals surface area contributed by atoms with E-state index in [1.54, 1.807) is 11.0 Å². The molecule has 29 heavy (non-hydrogen) atoms. The fraction of sp³-hybridized carbons (Fsp3) is 0.609. The Kier molecular flexibility index (Phi) is 7.23. The lowest BCUT2D eigenvalue weighted by Gasteiger charge is -2.34. The van der Waals surface area contributed by atoms with Gasteiger partial charge in [-0.15, -0.1) is 6.58 Å². The van der Waals surface area contributed by atoms with Gasteiger partial charge < -0.3 is 18.9 Å². The van der Waals surface area contributed by atoms with Crippen molar-refractivity contribution in [2.24, 2.45) is 0 Å². The van der Waals surface area contributed by atoms with E-state index >= 15 is 0 Å². The van der Waals surface area contributed by atoms with Crippen LogP contribution in [0.2, 0.25) is 0 Å². The van der Waals surface area contributed by atoms with E-state index in [0.717, 1.165) is 6.42 Å². The van der Waals surface area contributed by atoms with E-state index in [-0.39, 0.29) is 12.0 Å². The zero-order valence-electron chi connectivity index (χ0n) is 19.0. The topological polar surface area (TPSA) is 48.0 Å². The summed E-state index contributed by atoms with van der Waals surface area (Å²) < 4.78 is 18.3. The highest BCUT2D eigenvalue weighted by atomic mass is 16.7. The zero-order valence-corrected chi connectivity index (χ0v) is 19.0. The molecule has 1 saturated heterocycles. The van der Waals surface area contributed by atoms with Crippen LogP contribution in [0.1, 0.15) is 60.5 Å². The van der Waals surface area contributed by atoms with Crippen LogP contribution in [0.4, 0.5) is 4.79 Å². The predicted octanol–water partition coefficient (Wildman–Crippen LogP) is 5.04. The van der Waals surface area contributed by atoms with Crippen LogP contribution in [0.3, 0.4) is 0 Å². The highest BCUT2D eigenvalue weighted by molar-refractivity contribution is 6.48. The normalized spacial score (nSPS) is 18.9. The molecule has 1 aliphatic rings. The van der Waals surface area contributed by atoms with Crippen molar-refractivity contribution >= 4 is 13.2 Å². The number of carbonyl (C=O) groups is 1. The monoisotopic (exact) mass is 401 g/mol. The maximum absolute atomic E-state index is 13.0. The van der Waals surface area contributed by atoms with Gasteiger partial charge >= 0.3 is 13.2 Å². The summed E-state index contributed by atoms with van der Waals surface area (Å²) in [5, 5.41) is 0. The molecular weight excluding hydrogens is 365 g/mol. The van der Waals surface area contributed by atoms with Gasteiger partial charge in [0.25, 0.3) is 0 Å². The van der Waals surface area contributed by atoms with Crippen LogP contribution in [0, 0.1) is 0 Å². The summed E-state index contributed by atoms with van der Waals surface area (Å²) >= 11 is 0. The predicted molar refractivity (Wildman–Crippen MR) is 118 cm³/mol. The number of benzene rings is 1. The minimum atomic E-state index is -0.587. The van der Waals surface area contributed by atoms with E-state index in [1.165, 1.54) is 5.56 Å². The summed E-state index contributed by atoms with van der Waals surface area (Å²) in [4.78, 5) is 14.7. The molecule has 1 unspecified atom stereocenters. The average molecular weight is 401 g/mol. The molecule has 1 heterocycles. The zero-order chi connectivity index (χ0) is 21.9. The van der Waals surface area contributed by atoms with E-state index < -0.39 is 23.9 Å². The first kappa shape index (κ1) is 23.5. The molecule has 6 heteroatoms. The molecule has 0 radical (unpaired) electrons. The summed E-state index contributed by atoms with van der Waals surface area (Å²) in [7, 11) is -0.545. The van der Waals surface area contributed by atoms with Crippen molar-refractivity contribution in [1.82, 2.24) is 4.90 Å². The van der Waals surface area contributed by atoms with Crippen LogP contribution in [-0.2, 0) is 20.5 Å². The number of carbonyl (C=O) groups excluding carboxylic acids is 1. The molecule has 0 spiro atoms. The Balaban J connectivity index is 2.30. The van der Waals surface area contributed by atoms with E-state index in [1.807, 2.05) is 66.7 Å². The maximum atomic E-state index is 13.0. The molecule has 1 fully saturated rings. The first-order valence-electron chi connectivity index (χ1n) is 10.4. The summed E-state index contributed by atoms with van der Waals surface area (Å²) in [6, 6.07) is 10.2. The number of rotatable bonds is 7. The van der Waals surface area contributed by atoms with Crippen LogP contribution in [0.25, 0.3) is 0 Å². The number of ether oxygens (including phenoxy) is 1. The Hall–Kier alpha value is -1.79. The summed E-state index contributed by atoms with van der Waals surface area (Å²) in [5.74, 6) is -0.302. The lowest BCUT2D eigenvalue weighted by molar-refractivity contribution is 0.00578. The molecule has 1 aliphatic heterocycles.